The summed E-state index contributed by atoms with van der Waals surface area (Å²) in [6, 6.07) is 4.67. The first-order valence-electron chi connectivity index (χ1n) is 6.04. The van der Waals surface area contributed by atoms with E-state index in [4.69, 9.17) is 10.0 Å². The summed E-state index contributed by atoms with van der Waals surface area (Å²) in [5, 5.41) is 14.2. The van der Waals surface area contributed by atoms with E-state index in [1.165, 1.54) is 16.7 Å². The second-order valence-corrected chi connectivity index (χ2v) is 6.59. The zero-order valence-electron chi connectivity index (χ0n) is 11.8. The molecule has 0 unspecified atom stereocenters. The fourth-order valence-corrected chi connectivity index (χ4v) is 2.23. The van der Waals surface area contributed by atoms with Crippen molar-refractivity contribution < 1.29 is 10.0 Å². The highest BCUT2D eigenvalue weighted by Gasteiger charge is 2.34. The lowest BCUT2D eigenvalue weighted by molar-refractivity contribution is 0.448. The van der Waals surface area contributed by atoms with Gasteiger partial charge < -0.3 is 10.0 Å². The van der Waals surface area contributed by atoms with Gasteiger partial charge in [-0.3, -0.25) is 0 Å². The van der Waals surface area contributed by atoms with Gasteiger partial charge in [-0.05, 0) is 39.2 Å². The highest BCUT2D eigenvalue weighted by molar-refractivity contribution is 6.13. The Labute approximate surface area is 105 Å². The van der Waals surface area contributed by atoms with Crippen molar-refractivity contribution in [2.45, 2.75) is 52.4 Å². The summed E-state index contributed by atoms with van der Waals surface area (Å²) < 4.78 is 0. The molecule has 94 valence electrons. The average Bonchev–Trinajstić information content (AvgIpc) is 2.73. The third kappa shape index (κ3) is 3.11. The van der Waals surface area contributed by atoms with Crippen molar-refractivity contribution in [3.63, 3.8) is 0 Å². The van der Waals surface area contributed by atoms with Crippen LogP contribution in [0.25, 0.3) is 11.1 Å². The Kier molecular flexibility index (Phi) is 3.75. The van der Waals surface area contributed by atoms with Crippen LogP contribution < -0.4 is 0 Å². The van der Waals surface area contributed by atoms with Crippen molar-refractivity contribution in [1.82, 2.24) is 0 Å². The lowest BCUT2D eigenvalue weighted by atomic mass is 9.77. The average molecular weight is 234 g/mol. The molecule has 0 amide bonds. The summed E-state index contributed by atoms with van der Waals surface area (Å²) in [6.45, 7) is 13.8. The highest BCUT2D eigenvalue weighted by Crippen LogP contribution is 2.50. The molecule has 2 aliphatic carbocycles. The zero-order valence-corrected chi connectivity index (χ0v) is 11.8. The van der Waals surface area contributed by atoms with Gasteiger partial charge in [0.15, 0.2) is 0 Å². The molecule has 0 aromatic carbocycles. The molecule has 0 aliphatic heterocycles. The summed E-state index contributed by atoms with van der Waals surface area (Å²) in [4.78, 5) is 0. The van der Waals surface area contributed by atoms with E-state index in [1.54, 1.807) is 5.56 Å². The lowest BCUT2D eigenvalue weighted by Gasteiger charge is -2.27. The normalized spacial score (nSPS) is 12.7. The van der Waals surface area contributed by atoms with Crippen molar-refractivity contribution in [2.24, 2.45) is 0 Å². The number of rotatable bonds is 0. The maximum atomic E-state index is 7.12. The van der Waals surface area contributed by atoms with E-state index in [2.05, 4.69) is 53.7 Å². The van der Waals surface area contributed by atoms with Crippen LogP contribution in [0.3, 0.4) is 0 Å². The molecule has 0 saturated heterocycles. The quantitative estimate of drug-likeness (QED) is 0.687. The van der Waals surface area contributed by atoms with E-state index < -0.39 is 7.69 Å². The molecule has 17 heavy (non-hydrogen) atoms. The Balaban J connectivity index is 0.000000437. The van der Waals surface area contributed by atoms with Crippen LogP contribution in [0.4, 0.5) is 0 Å². The molecule has 2 nitrogen and oxygen atoms in total. The van der Waals surface area contributed by atoms with Gasteiger partial charge in [-0.15, -0.1) is 0 Å². The fourth-order valence-electron chi connectivity index (χ4n) is 2.23. The zero-order chi connectivity index (χ0) is 13.4. The van der Waals surface area contributed by atoms with E-state index in [9.17, 15) is 0 Å². The molecule has 0 spiro atoms. The van der Waals surface area contributed by atoms with Gasteiger partial charge in [0, 0.05) is 0 Å². The predicted molar refractivity (Wildman–Crippen MR) is 74.4 cm³/mol. The molecule has 0 heterocycles. The molecule has 3 heteroatoms. The minimum absolute atomic E-state index is 0.281. The smallest absolute Gasteiger partial charge is 0.430 e. The lowest BCUT2D eigenvalue weighted by Crippen LogP contribution is -2.20. The van der Waals surface area contributed by atoms with Gasteiger partial charge in [0.2, 0.25) is 0 Å². The van der Waals surface area contributed by atoms with Crippen LogP contribution in [-0.4, -0.2) is 17.7 Å². The fraction of sp³-hybridized carbons (Fsp3) is 0.571. The second kappa shape index (κ2) is 4.47. The van der Waals surface area contributed by atoms with Crippen molar-refractivity contribution >= 4 is 7.69 Å². The van der Waals surface area contributed by atoms with E-state index >= 15 is 0 Å². The Morgan fingerprint density at radius 3 is 1.65 bits per heavy atom. The third-order valence-electron chi connectivity index (χ3n) is 2.92. The first kappa shape index (κ1) is 14.3. The van der Waals surface area contributed by atoms with Crippen LogP contribution >= 0.6 is 0 Å². The van der Waals surface area contributed by atoms with E-state index in [0.29, 0.717) is 0 Å². The van der Waals surface area contributed by atoms with Crippen molar-refractivity contribution in [1.29, 1.82) is 0 Å². The molecular weight excluding hydrogens is 211 g/mol. The molecule has 0 aromatic rings. The van der Waals surface area contributed by atoms with Gasteiger partial charge in [-0.2, -0.15) is 0 Å². The standard InChI is InChI=1S/C14H20.BH3O2/c1-13(2,3)11-8-9-7-10(9)12(11)14(4,5)6;2-1-3/h7-8H,1-6H3;1-3H. The van der Waals surface area contributed by atoms with Gasteiger partial charge in [0.1, 0.15) is 0 Å². The van der Waals surface area contributed by atoms with Crippen LogP contribution in [0.15, 0.2) is 12.1 Å². The number of fused-ring (bicyclic) bond motifs is 1. The van der Waals surface area contributed by atoms with Crippen LogP contribution in [0.1, 0.15) is 52.7 Å². The minimum atomic E-state index is -0.750. The maximum absolute atomic E-state index is 7.12. The Bertz CT molecular complexity index is 411. The summed E-state index contributed by atoms with van der Waals surface area (Å²) >= 11 is 0. The number of hydrogen-bond donors (Lipinski definition) is 2. The van der Waals surface area contributed by atoms with Crippen LogP contribution in [0, 0.1) is 0 Å². The summed E-state index contributed by atoms with van der Waals surface area (Å²) in [5.74, 6) is 0. The minimum Gasteiger partial charge on any atom is -0.430 e. The van der Waals surface area contributed by atoms with Gasteiger partial charge >= 0.3 is 7.69 Å². The number of hydrogen-bond acceptors (Lipinski definition) is 2. The highest BCUT2D eigenvalue weighted by atomic mass is 16.4. The van der Waals surface area contributed by atoms with E-state index in [-0.39, 0.29) is 10.8 Å². The maximum Gasteiger partial charge on any atom is 0.432 e. The van der Waals surface area contributed by atoms with Gasteiger partial charge in [-0.25, -0.2) is 0 Å². The van der Waals surface area contributed by atoms with Crippen molar-refractivity contribution in [3.8, 4) is 11.1 Å². The summed E-state index contributed by atoms with van der Waals surface area (Å²) in [7, 11) is -0.750. The molecule has 0 radical (unpaired) electrons. The van der Waals surface area contributed by atoms with Crippen LogP contribution in [0.2, 0.25) is 0 Å². The topological polar surface area (TPSA) is 40.5 Å². The predicted octanol–water partition coefficient (Wildman–Crippen LogP) is 2.50. The largest absolute Gasteiger partial charge is 0.432 e. The van der Waals surface area contributed by atoms with Crippen molar-refractivity contribution in [3.05, 3.63) is 23.3 Å². The van der Waals surface area contributed by atoms with Gasteiger partial charge in [0.25, 0.3) is 0 Å². The first-order chi connectivity index (χ1) is 7.62. The first-order valence-corrected chi connectivity index (χ1v) is 6.04. The van der Waals surface area contributed by atoms with Crippen LogP contribution in [0.5, 0.6) is 0 Å². The third-order valence-corrected chi connectivity index (χ3v) is 2.92. The molecule has 0 bridgehead atoms. The Morgan fingerprint density at radius 2 is 1.35 bits per heavy atom. The Morgan fingerprint density at radius 1 is 0.882 bits per heavy atom. The second-order valence-electron chi connectivity index (χ2n) is 6.59. The molecular formula is C14H23BO2. The Hall–Kier alpha value is -0.795. The molecule has 0 saturated carbocycles. The SMILES string of the molecule is CC(C)(C)c1cc2cc-2c1C(C)(C)C.OBO. The van der Waals surface area contributed by atoms with Gasteiger partial charge in [0.05, 0.1) is 0 Å². The van der Waals surface area contributed by atoms with Crippen LogP contribution in [-0.2, 0) is 10.8 Å². The number of benzene rings is 1. The summed E-state index contributed by atoms with van der Waals surface area (Å²) in [6.07, 6.45) is 0. The van der Waals surface area contributed by atoms with E-state index in [1.807, 2.05) is 0 Å². The molecule has 2 rings (SSSR count). The van der Waals surface area contributed by atoms with Gasteiger partial charge in [-0.1, -0.05) is 47.6 Å². The molecule has 0 fully saturated rings. The monoisotopic (exact) mass is 234 g/mol. The summed E-state index contributed by atoms with van der Waals surface area (Å²) in [5.41, 5.74) is 6.66. The molecule has 2 N–H and O–H groups in total. The molecule has 0 aromatic heterocycles. The molecule has 2 aliphatic rings. The van der Waals surface area contributed by atoms with E-state index in [0.717, 1.165) is 0 Å². The molecule has 0 atom stereocenters. The van der Waals surface area contributed by atoms with Crippen molar-refractivity contribution in [2.75, 3.05) is 0 Å².